The molecule has 0 saturated carbocycles. The third-order valence-corrected chi connectivity index (χ3v) is 5.21. The molecule has 0 spiro atoms. The number of piperidine rings is 1. The Morgan fingerprint density at radius 1 is 1.52 bits per heavy atom. The lowest BCUT2D eigenvalue weighted by Gasteiger charge is -2.33. The Labute approximate surface area is 149 Å². The van der Waals surface area contributed by atoms with E-state index in [-0.39, 0.29) is 5.91 Å². The lowest BCUT2D eigenvalue weighted by atomic mass is 9.97. The van der Waals surface area contributed by atoms with Gasteiger partial charge in [0.25, 0.3) is 5.91 Å². The van der Waals surface area contributed by atoms with E-state index in [0.29, 0.717) is 12.0 Å². The van der Waals surface area contributed by atoms with Crippen LogP contribution in [0.2, 0.25) is 0 Å². The Hall–Kier alpha value is -0.140. The number of hydrogen-bond donors (Lipinski definition) is 1. The van der Waals surface area contributed by atoms with Crippen molar-refractivity contribution in [2.75, 3.05) is 19.6 Å². The molecule has 1 aliphatic rings. The number of nitrogens with one attached hydrogen (secondary N) is 1. The highest BCUT2D eigenvalue weighted by Crippen LogP contribution is 2.23. The number of carbonyl (C=O) groups is 1. The minimum absolute atomic E-state index is 0.162. The highest BCUT2D eigenvalue weighted by atomic mass is 127. The van der Waals surface area contributed by atoms with Gasteiger partial charge in [-0.15, -0.1) is 0 Å². The average molecular weight is 465 g/mol. The number of hydrogen-bond acceptors (Lipinski definition) is 2. The topological polar surface area (TPSA) is 32.3 Å². The van der Waals surface area contributed by atoms with E-state index in [0.717, 1.165) is 39.7 Å². The second kappa shape index (κ2) is 7.92. The second-order valence-electron chi connectivity index (χ2n) is 5.95. The molecule has 0 bridgehead atoms. The Kier molecular flexibility index (Phi) is 6.50. The smallest absolute Gasteiger partial charge is 0.254 e. The molecule has 2 rings (SSSR count). The molecule has 1 atom stereocenters. The number of carbonyl (C=O) groups excluding carboxylic acids is 1. The van der Waals surface area contributed by atoms with Crippen molar-refractivity contribution in [2.45, 2.75) is 32.7 Å². The third kappa shape index (κ3) is 4.93. The summed E-state index contributed by atoms with van der Waals surface area (Å²) in [5.74, 6) is 0.727. The van der Waals surface area contributed by atoms with Gasteiger partial charge in [0.15, 0.2) is 0 Å². The van der Waals surface area contributed by atoms with Crippen LogP contribution >= 0.6 is 38.5 Å². The maximum atomic E-state index is 12.7. The van der Waals surface area contributed by atoms with E-state index in [2.05, 4.69) is 57.7 Å². The molecule has 1 unspecified atom stereocenters. The highest BCUT2D eigenvalue weighted by molar-refractivity contribution is 14.1. The van der Waals surface area contributed by atoms with Crippen LogP contribution in [-0.2, 0) is 0 Å². The van der Waals surface area contributed by atoms with Gasteiger partial charge in [0, 0.05) is 27.2 Å². The molecule has 0 aromatic heterocycles. The summed E-state index contributed by atoms with van der Waals surface area (Å²) in [6, 6.07) is 6.39. The Morgan fingerprint density at radius 3 is 3.00 bits per heavy atom. The van der Waals surface area contributed by atoms with Gasteiger partial charge in [-0.2, -0.15) is 0 Å². The third-order valence-electron chi connectivity index (χ3n) is 3.78. The summed E-state index contributed by atoms with van der Waals surface area (Å²) in [7, 11) is 0. The van der Waals surface area contributed by atoms with Crippen molar-refractivity contribution in [3.8, 4) is 0 Å². The molecule has 1 heterocycles. The summed E-state index contributed by atoms with van der Waals surface area (Å²) >= 11 is 5.70. The second-order valence-corrected chi connectivity index (χ2v) is 8.02. The fourth-order valence-corrected chi connectivity index (χ4v) is 3.58. The van der Waals surface area contributed by atoms with Crippen LogP contribution in [0.15, 0.2) is 22.7 Å². The van der Waals surface area contributed by atoms with Crippen LogP contribution < -0.4 is 5.32 Å². The Bertz CT molecular complexity index is 507. The van der Waals surface area contributed by atoms with Gasteiger partial charge in [0.2, 0.25) is 0 Å². The normalized spacial score (nSPS) is 19.1. The van der Waals surface area contributed by atoms with Crippen molar-refractivity contribution >= 4 is 44.4 Å². The molecule has 1 saturated heterocycles. The van der Waals surface area contributed by atoms with Gasteiger partial charge in [-0.1, -0.05) is 29.8 Å². The van der Waals surface area contributed by atoms with E-state index >= 15 is 0 Å². The molecule has 21 heavy (non-hydrogen) atoms. The van der Waals surface area contributed by atoms with Crippen LogP contribution in [-0.4, -0.2) is 36.5 Å². The zero-order chi connectivity index (χ0) is 15.4. The summed E-state index contributed by atoms with van der Waals surface area (Å²) in [5.41, 5.74) is 0.808. The molecule has 1 fully saturated rings. The average Bonchev–Trinajstić information content (AvgIpc) is 2.47. The number of benzene rings is 1. The van der Waals surface area contributed by atoms with Crippen LogP contribution in [0.3, 0.4) is 0 Å². The fraction of sp³-hybridized carbons (Fsp3) is 0.562. The molecular formula is C16H22BrIN2O. The first kappa shape index (κ1) is 17.2. The predicted octanol–water partition coefficient (Wildman–Crippen LogP) is 3.90. The first-order valence-electron chi connectivity index (χ1n) is 7.45. The Morgan fingerprint density at radius 2 is 2.29 bits per heavy atom. The summed E-state index contributed by atoms with van der Waals surface area (Å²) in [6.07, 6.45) is 2.31. The van der Waals surface area contributed by atoms with Crippen molar-refractivity contribution in [2.24, 2.45) is 5.92 Å². The lowest BCUT2D eigenvalue weighted by molar-refractivity contribution is 0.0671. The summed E-state index contributed by atoms with van der Waals surface area (Å²) < 4.78 is 1.98. The lowest BCUT2D eigenvalue weighted by Crippen LogP contribution is -2.44. The van der Waals surface area contributed by atoms with E-state index in [1.54, 1.807) is 0 Å². The van der Waals surface area contributed by atoms with Gasteiger partial charge in [-0.3, -0.25) is 4.79 Å². The minimum atomic E-state index is 0.162. The fourth-order valence-electron chi connectivity index (χ4n) is 2.65. The molecule has 1 aromatic carbocycles. The molecule has 0 aliphatic carbocycles. The molecule has 116 valence electrons. The monoisotopic (exact) mass is 464 g/mol. The van der Waals surface area contributed by atoms with E-state index in [1.165, 1.54) is 6.42 Å². The molecule has 1 amide bonds. The summed E-state index contributed by atoms with van der Waals surface area (Å²) in [6.45, 7) is 7.06. The number of amides is 1. The van der Waals surface area contributed by atoms with Crippen molar-refractivity contribution < 1.29 is 4.79 Å². The molecular weight excluding hydrogens is 443 g/mol. The van der Waals surface area contributed by atoms with Gasteiger partial charge in [0.05, 0.1) is 5.56 Å². The van der Waals surface area contributed by atoms with E-state index in [1.807, 2.05) is 23.1 Å². The molecule has 1 N–H and O–H groups in total. The van der Waals surface area contributed by atoms with Crippen LogP contribution in [0.1, 0.15) is 37.0 Å². The summed E-state index contributed by atoms with van der Waals surface area (Å²) in [5, 5.41) is 3.49. The van der Waals surface area contributed by atoms with Crippen LogP contribution in [0, 0.1) is 9.49 Å². The molecule has 5 heteroatoms. The summed E-state index contributed by atoms with van der Waals surface area (Å²) in [4.78, 5) is 14.8. The number of halogens is 2. The van der Waals surface area contributed by atoms with E-state index in [9.17, 15) is 4.79 Å². The maximum absolute atomic E-state index is 12.7. The van der Waals surface area contributed by atoms with Crippen molar-refractivity contribution in [3.63, 3.8) is 0 Å². The highest BCUT2D eigenvalue weighted by Gasteiger charge is 2.25. The Balaban J connectivity index is 2.03. The van der Waals surface area contributed by atoms with E-state index in [4.69, 9.17) is 0 Å². The van der Waals surface area contributed by atoms with Crippen molar-refractivity contribution in [1.29, 1.82) is 0 Å². The first-order valence-corrected chi connectivity index (χ1v) is 9.32. The van der Waals surface area contributed by atoms with Crippen molar-refractivity contribution in [1.82, 2.24) is 10.2 Å². The zero-order valence-electron chi connectivity index (χ0n) is 12.5. The first-order chi connectivity index (χ1) is 9.97. The number of nitrogens with zero attached hydrogens (tertiary/aromatic N) is 1. The van der Waals surface area contributed by atoms with Gasteiger partial charge in [0.1, 0.15) is 0 Å². The van der Waals surface area contributed by atoms with Crippen LogP contribution in [0.5, 0.6) is 0 Å². The SMILES string of the molecule is CC(C)NCC1CCCN(C(=O)c2cc(Br)ccc2I)C1. The molecule has 1 aliphatic heterocycles. The molecule has 3 nitrogen and oxygen atoms in total. The van der Waals surface area contributed by atoms with Crippen LogP contribution in [0.25, 0.3) is 0 Å². The largest absolute Gasteiger partial charge is 0.338 e. The van der Waals surface area contributed by atoms with Gasteiger partial charge in [-0.25, -0.2) is 0 Å². The van der Waals surface area contributed by atoms with Gasteiger partial charge >= 0.3 is 0 Å². The minimum Gasteiger partial charge on any atom is -0.338 e. The molecule has 1 aromatic rings. The van der Waals surface area contributed by atoms with E-state index < -0.39 is 0 Å². The number of rotatable bonds is 4. The standard InChI is InChI=1S/C16H22BrIN2O/c1-11(2)19-9-12-4-3-7-20(10-12)16(21)14-8-13(17)5-6-15(14)18/h5-6,8,11-12,19H,3-4,7,9-10H2,1-2H3. The number of likely N-dealkylation sites (tertiary alicyclic amines) is 1. The zero-order valence-corrected chi connectivity index (χ0v) is 16.3. The molecule has 0 radical (unpaired) electrons. The van der Waals surface area contributed by atoms with Crippen LogP contribution in [0.4, 0.5) is 0 Å². The predicted molar refractivity (Wildman–Crippen MR) is 98.6 cm³/mol. The van der Waals surface area contributed by atoms with Gasteiger partial charge < -0.3 is 10.2 Å². The maximum Gasteiger partial charge on any atom is 0.254 e. The van der Waals surface area contributed by atoms with Crippen molar-refractivity contribution in [3.05, 3.63) is 31.8 Å². The quantitative estimate of drug-likeness (QED) is 0.685. The van der Waals surface area contributed by atoms with Gasteiger partial charge in [-0.05, 0) is 66.1 Å².